The fourth-order valence-corrected chi connectivity index (χ4v) is 12.9. The summed E-state index contributed by atoms with van der Waals surface area (Å²) in [5.74, 6) is 0. The van der Waals surface area contributed by atoms with E-state index in [9.17, 15) is 4.11 Å². The van der Waals surface area contributed by atoms with E-state index in [1.807, 2.05) is 12.1 Å². The topological polar surface area (TPSA) is 6.48 Å². The monoisotopic (exact) mass is 1010 g/mol. The molecule has 2 heterocycles. The minimum Gasteiger partial charge on any atom is -0.311 e. The highest BCUT2D eigenvalue weighted by Gasteiger charge is 2.47. The predicted octanol–water partition coefficient (Wildman–Crippen LogP) is 18.3. The summed E-state index contributed by atoms with van der Waals surface area (Å²) in [4.78, 5) is 4.86. The summed E-state index contributed by atoms with van der Waals surface area (Å²) in [6, 6.07) is 71.7. The minimum absolute atomic E-state index is 0.0594. The summed E-state index contributed by atoms with van der Waals surface area (Å²) in [6.07, 6.45) is 2.14. The molecule has 0 unspecified atom stereocenters. The van der Waals surface area contributed by atoms with E-state index < -0.39 is 6.85 Å². The van der Waals surface area contributed by atoms with Crippen LogP contribution in [0.4, 0.5) is 34.1 Å². The van der Waals surface area contributed by atoms with Gasteiger partial charge < -0.3 is 9.80 Å². The van der Waals surface area contributed by atoms with Crippen LogP contribution >= 0.6 is 0 Å². The molecule has 9 aromatic carbocycles. The molecule has 12 rings (SSSR count). The maximum atomic E-state index is 9.34. The quantitative estimate of drug-likeness (QED) is 0.147. The van der Waals surface area contributed by atoms with Crippen molar-refractivity contribution in [2.45, 2.75) is 130 Å². The largest absolute Gasteiger partial charge is 0.311 e. The fraction of sp³-hybridized carbons (Fsp3) is 0.270. The molecule has 9 aromatic rings. The van der Waals surface area contributed by atoms with Crippen LogP contribution in [-0.2, 0) is 27.1 Å². The fourth-order valence-electron chi connectivity index (χ4n) is 12.9. The van der Waals surface area contributed by atoms with Gasteiger partial charge in [0.25, 0.3) is 6.71 Å². The highest BCUT2D eigenvalue weighted by Crippen LogP contribution is 2.53. The highest BCUT2D eigenvalue weighted by atomic mass is 15.2. The van der Waals surface area contributed by atoms with Crippen LogP contribution in [0.25, 0.3) is 33.4 Å². The maximum absolute atomic E-state index is 9.34. The average molecular weight is 1010 g/mol. The van der Waals surface area contributed by atoms with Crippen molar-refractivity contribution in [3.8, 4) is 33.4 Å². The van der Waals surface area contributed by atoms with Crippen LogP contribution in [0.15, 0.2) is 194 Å². The standard InChI is InChI=1S/C74H75BN2/c1-48-39-67-69-68(40-48)77(64-35-31-56(71(5,6)7)44-59(64)53-42-51(49-23-17-14-18-24-49)41-52(43-53)50-25-19-15-20-26-50)66-47-61-60(72(8,9)37-38-73(61,10)11)46-63(66)75(69)62-45-57(74(12,13)55-27-21-16-22-28-55)32-36-65(62)76(67)58-33-29-54(30-34-58)70(2,3)4/h14-36,39-47H,37-38H2,1-13H3/i1D3. The first-order chi connectivity index (χ1) is 37.8. The lowest BCUT2D eigenvalue weighted by molar-refractivity contribution is 0.332. The van der Waals surface area contributed by atoms with Crippen LogP contribution in [-0.4, -0.2) is 6.71 Å². The Kier molecular flexibility index (Phi) is 11.0. The molecule has 0 aromatic heterocycles. The van der Waals surface area contributed by atoms with Gasteiger partial charge in [0.15, 0.2) is 0 Å². The average Bonchev–Trinajstić information content (AvgIpc) is 1.26. The van der Waals surface area contributed by atoms with Gasteiger partial charge in [0.2, 0.25) is 0 Å². The highest BCUT2D eigenvalue weighted by molar-refractivity contribution is 7.00. The molecule has 384 valence electrons. The molecule has 0 amide bonds. The third kappa shape index (κ3) is 8.66. The summed E-state index contributed by atoms with van der Waals surface area (Å²) in [7, 11) is 0. The second-order valence-electron chi connectivity index (χ2n) is 26.3. The van der Waals surface area contributed by atoms with Gasteiger partial charge in [-0.3, -0.25) is 0 Å². The normalized spacial score (nSPS) is 16.1. The van der Waals surface area contributed by atoms with Gasteiger partial charge >= 0.3 is 0 Å². The van der Waals surface area contributed by atoms with Gasteiger partial charge in [-0.1, -0.05) is 210 Å². The van der Waals surface area contributed by atoms with Crippen LogP contribution in [0, 0.1) is 6.85 Å². The van der Waals surface area contributed by atoms with Gasteiger partial charge in [0, 0.05) is 43.5 Å². The molecule has 3 heteroatoms. The minimum atomic E-state index is -2.42. The van der Waals surface area contributed by atoms with E-state index in [0.717, 1.165) is 85.8 Å². The van der Waals surface area contributed by atoms with Crippen LogP contribution in [0.3, 0.4) is 0 Å². The van der Waals surface area contributed by atoms with Gasteiger partial charge in [0.05, 0.1) is 5.69 Å². The molecule has 2 nitrogen and oxygen atoms in total. The Morgan fingerprint density at radius 2 is 0.896 bits per heavy atom. The van der Waals surface area contributed by atoms with E-state index in [4.69, 9.17) is 0 Å². The Bertz CT molecular complexity index is 3800. The molecule has 0 bridgehead atoms. The Morgan fingerprint density at radius 1 is 0.403 bits per heavy atom. The lowest BCUT2D eigenvalue weighted by Gasteiger charge is -2.48. The van der Waals surface area contributed by atoms with Gasteiger partial charge in [0.1, 0.15) is 0 Å². The summed E-state index contributed by atoms with van der Waals surface area (Å²) in [6.45, 7) is 25.4. The molecule has 0 saturated heterocycles. The summed E-state index contributed by atoms with van der Waals surface area (Å²) in [5.41, 5.74) is 23.4. The van der Waals surface area contributed by atoms with E-state index in [1.165, 1.54) is 44.3 Å². The van der Waals surface area contributed by atoms with Crippen molar-refractivity contribution in [1.29, 1.82) is 0 Å². The van der Waals surface area contributed by atoms with Crippen LogP contribution in [0.2, 0.25) is 0 Å². The second kappa shape index (κ2) is 18.1. The number of hydrogen-bond acceptors (Lipinski definition) is 2. The van der Waals surface area contributed by atoms with Crippen LogP contribution < -0.4 is 26.2 Å². The molecule has 2 aliphatic heterocycles. The van der Waals surface area contributed by atoms with E-state index in [0.29, 0.717) is 5.56 Å². The Balaban J connectivity index is 1.23. The summed E-state index contributed by atoms with van der Waals surface area (Å²) >= 11 is 0. The third-order valence-corrected chi connectivity index (χ3v) is 17.8. The molecule has 3 aliphatic rings. The summed E-state index contributed by atoms with van der Waals surface area (Å²) in [5, 5.41) is 0. The SMILES string of the molecule is [2H]C([2H])([2H])c1cc2c3c(c1)N(c1ccc(C(C)(C)C)cc1-c1cc(-c4ccccc4)cc(-c4ccccc4)c1)c1cc4c(cc1B3c1cc(C(C)(C)c3ccccc3)ccc1N2c1ccc(C(C)(C)C)cc1)C(C)(C)CCC4(C)C. The molecule has 0 atom stereocenters. The zero-order valence-corrected chi connectivity index (χ0v) is 47.4. The molecular weight excluding hydrogens is 928 g/mol. The molecule has 0 N–H and O–H groups in total. The van der Waals surface area contributed by atoms with Gasteiger partial charge in [-0.15, -0.1) is 0 Å². The molecule has 77 heavy (non-hydrogen) atoms. The number of fused-ring (bicyclic) bond motifs is 5. The van der Waals surface area contributed by atoms with Crippen LogP contribution in [0.5, 0.6) is 0 Å². The van der Waals surface area contributed by atoms with Crippen molar-refractivity contribution in [1.82, 2.24) is 0 Å². The Labute approximate surface area is 465 Å². The first kappa shape index (κ1) is 46.9. The Hall–Kier alpha value is -7.36. The van der Waals surface area contributed by atoms with Gasteiger partial charge in [-0.05, 0) is 191 Å². The lowest BCUT2D eigenvalue weighted by Crippen LogP contribution is -2.62. The number of benzene rings is 9. The van der Waals surface area contributed by atoms with Gasteiger partial charge in [-0.2, -0.15) is 0 Å². The zero-order valence-electron chi connectivity index (χ0n) is 50.4. The molecule has 0 radical (unpaired) electrons. The number of rotatable bonds is 7. The molecular formula is C74H75BN2. The Morgan fingerprint density at radius 3 is 1.47 bits per heavy atom. The second-order valence-corrected chi connectivity index (χ2v) is 26.3. The lowest BCUT2D eigenvalue weighted by atomic mass is 9.33. The van der Waals surface area contributed by atoms with Crippen molar-refractivity contribution in [3.63, 3.8) is 0 Å². The van der Waals surface area contributed by atoms with Crippen molar-refractivity contribution < 1.29 is 4.11 Å². The van der Waals surface area contributed by atoms with E-state index in [-0.39, 0.29) is 33.8 Å². The number of aryl methyl sites for hydroxylation is 1. The third-order valence-electron chi connectivity index (χ3n) is 17.8. The molecule has 0 saturated carbocycles. The van der Waals surface area contributed by atoms with Crippen molar-refractivity contribution in [3.05, 3.63) is 233 Å². The number of nitrogens with zero attached hydrogens (tertiary/aromatic N) is 2. The van der Waals surface area contributed by atoms with Crippen molar-refractivity contribution >= 4 is 57.2 Å². The van der Waals surface area contributed by atoms with Crippen molar-refractivity contribution in [2.75, 3.05) is 9.80 Å². The number of hydrogen-bond donors (Lipinski definition) is 0. The smallest absolute Gasteiger partial charge is 0.252 e. The van der Waals surface area contributed by atoms with Crippen LogP contribution in [0.1, 0.15) is 139 Å². The number of anilines is 6. The van der Waals surface area contributed by atoms with E-state index in [1.54, 1.807) is 0 Å². The molecule has 0 spiro atoms. The first-order valence-electron chi connectivity index (χ1n) is 29.5. The zero-order chi connectivity index (χ0) is 56.5. The van der Waals surface area contributed by atoms with E-state index >= 15 is 0 Å². The molecule has 1 aliphatic carbocycles. The van der Waals surface area contributed by atoms with Crippen molar-refractivity contribution in [2.24, 2.45) is 0 Å². The summed E-state index contributed by atoms with van der Waals surface area (Å²) < 4.78 is 28.0. The maximum Gasteiger partial charge on any atom is 0.252 e. The predicted molar refractivity (Wildman–Crippen MR) is 333 cm³/mol. The van der Waals surface area contributed by atoms with Gasteiger partial charge in [-0.25, -0.2) is 0 Å². The first-order valence-corrected chi connectivity index (χ1v) is 28.0. The molecule has 0 fully saturated rings. The van der Waals surface area contributed by atoms with E-state index in [2.05, 4.69) is 275 Å².